The third-order valence-corrected chi connectivity index (χ3v) is 3.78. The van der Waals surface area contributed by atoms with Gasteiger partial charge in [0.1, 0.15) is 5.75 Å². The van der Waals surface area contributed by atoms with Crippen molar-refractivity contribution >= 4 is 0 Å². The van der Waals surface area contributed by atoms with Crippen LogP contribution in [-0.2, 0) is 5.41 Å². The maximum absolute atomic E-state index is 6.01. The molecule has 0 radical (unpaired) electrons. The van der Waals surface area contributed by atoms with Gasteiger partial charge in [-0.25, -0.2) is 0 Å². The minimum absolute atomic E-state index is 0.134. The smallest absolute Gasteiger partial charge is 0.123 e. The molecule has 0 saturated carbocycles. The first-order valence-corrected chi connectivity index (χ1v) is 7.73. The van der Waals surface area contributed by atoms with Crippen molar-refractivity contribution in [1.29, 1.82) is 0 Å². The molecule has 0 atom stereocenters. The Hall–Kier alpha value is -1.06. The number of hydrogen-bond donors (Lipinski definition) is 1. The van der Waals surface area contributed by atoms with Gasteiger partial charge in [0.15, 0.2) is 0 Å². The Morgan fingerprint density at radius 2 is 1.85 bits per heavy atom. The van der Waals surface area contributed by atoms with Crippen molar-refractivity contribution in [2.75, 3.05) is 39.3 Å². The Bertz CT molecular complexity index is 406. The minimum atomic E-state index is 0.134. The average Bonchev–Trinajstić information content (AvgIpc) is 2.44. The van der Waals surface area contributed by atoms with E-state index < -0.39 is 0 Å². The fourth-order valence-corrected chi connectivity index (χ4v) is 2.62. The first kappa shape index (κ1) is 15.3. The molecule has 3 heteroatoms. The Morgan fingerprint density at radius 3 is 2.55 bits per heavy atom. The quantitative estimate of drug-likeness (QED) is 0.837. The summed E-state index contributed by atoms with van der Waals surface area (Å²) in [5, 5.41) is 3.38. The van der Waals surface area contributed by atoms with E-state index in [1.54, 1.807) is 0 Å². The number of para-hydroxylation sites is 1. The molecule has 1 aromatic carbocycles. The summed E-state index contributed by atoms with van der Waals surface area (Å²) in [6.45, 7) is 13.2. The van der Waals surface area contributed by atoms with Gasteiger partial charge < -0.3 is 15.0 Å². The van der Waals surface area contributed by atoms with Crippen molar-refractivity contribution in [3.8, 4) is 5.75 Å². The van der Waals surface area contributed by atoms with E-state index in [9.17, 15) is 0 Å². The Balaban J connectivity index is 1.79. The van der Waals surface area contributed by atoms with Crippen molar-refractivity contribution in [1.82, 2.24) is 10.2 Å². The predicted molar refractivity (Wildman–Crippen MR) is 84.6 cm³/mol. The van der Waals surface area contributed by atoms with Crippen LogP contribution in [0, 0.1) is 0 Å². The normalized spacial score (nSPS) is 17.1. The SMILES string of the molecule is CC(C)(C)c1ccccc1OCCCN1CCNCC1. The summed E-state index contributed by atoms with van der Waals surface area (Å²) in [7, 11) is 0. The van der Waals surface area contributed by atoms with E-state index in [0.717, 1.165) is 38.4 Å². The number of nitrogens with zero attached hydrogens (tertiary/aromatic N) is 1. The van der Waals surface area contributed by atoms with Gasteiger partial charge in [-0.2, -0.15) is 0 Å². The van der Waals surface area contributed by atoms with Crippen molar-refractivity contribution < 1.29 is 4.74 Å². The van der Waals surface area contributed by atoms with E-state index in [2.05, 4.69) is 55.3 Å². The van der Waals surface area contributed by atoms with E-state index in [1.165, 1.54) is 18.7 Å². The molecular weight excluding hydrogens is 248 g/mol. The zero-order chi connectivity index (χ0) is 14.4. The third kappa shape index (κ3) is 4.50. The van der Waals surface area contributed by atoms with E-state index in [-0.39, 0.29) is 5.41 Å². The molecule has 1 aliphatic heterocycles. The van der Waals surface area contributed by atoms with Crippen molar-refractivity contribution in [2.24, 2.45) is 0 Å². The number of hydrogen-bond acceptors (Lipinski definition) is 3. The number of nitrogens with one attached hydrogen (secondary N) is 1. The van der Waals surface area contributed by atoms with Crippen molar-refractivity contribution in [3.05, 3.63) is 29.8 Å². The van der Waals surface area contributed by atoms with Crippen LogP contribution in [0.3, 0.4) is 0 Å². The molecule has 1 aromatic rings. The summed E-state index contributed by atoms with van der Waals surface area (Å²) in [5.41, 5.74) is 1.43. The topological polar surface area (TPSA) is 24.5 Å². The Labute approximate surface area is 123 Å². The highest BCUT2D eigenvalue weighted by atomic mass is 16.5. The average molecular weight is 276 g/mol. The Morgan fingerprint density at radius 1 is 1.15 bits per heavy atom. The van der Waals surface area contributed by atoms with Gasteiger partial charge in [0.2, 0.25) is 0 Å². The van der Waals surface area contributed by atoms with Crippen LogP contribution in [0.25, 0.3) is 0 Å². The molecule has 0 unspecified atom stereocenters. The summed E-state index contributed by atoms with van der Waals surface area (Å²) in [6, 6.07) is 8.41. The predicted octanol–water partition coefficient (Wildman–Crippen LogP) is 2.66. The second-order valence-electron chi connectivity index (χ2n) is 6.54. The minimum Gasteiger partial charge on any atom is -0.493 e. The lowest BCUT2D eigenvalue weighted by atomic mass is 9.86. The van der Waals surface area contributed by atoms with Crippen LogP contribution in [0.1, 0.15) is 32.8 Å². The standard InChI is InChI=1S/C17H28N2O/c1-17(2,3)15-7-4-5-8-16(15)20-14-6-11-19-12-9-18-10-13-19/h4-5,7-8,18H,6,9-14H2,1-3H3. The summed E-state index contributed by atoms with van der Waals surface area (Å²) >= 11 is 0. The van der Waals surface area contributed by atoms with Crippen LogP contribution in [0.15, 0.2) is 24.3 Å². The molecule has 3 nitrogen and oxygen atoms in total. The summed E-state index contributed by atoms with van der Waals surface area (Å²) in [6.07, 6.45) is 1.10. The number of piperazine rings is 1. The van der Waals surface area contributed by atoms with Crippen LogP contribution < -0.4 is 10.1 Å². The lowest BCUT2D eigenvalue weighted by Crippen LogP contribution is -2.44. The number of ether oxygens (including phenoxy) is 1. The molecule has 1 fully saturated rings. The molecule has 0 bridgehead atoms. The zero-order valence-corrected chi connectivity index (χ0v) is 13.1. The van der Waals surface area contributed by atoms with Crippen molar-refractivity contribution in [3.63, 3.8) is 0 Å². The molecule has 0 aromatic heterocycles. The summed E-state index contributed by atoms with van der Waals surface area (Å²) < 4.78 is 6.01. The van der Waals surface area contributed by atoms with E-state index in [0.29, 0.717) is 0 Å². The zero-order valence-electron chi connectivity index (χ0n) is 13.1. The first-order chi connectivity index (χ1) is 9.57. The molecule has 2 rings (SSSR count). The first-order valence-electron chi connectivity index (χ1n) is 7.73. The number of rotatable bonds is 5. The molecule has 0 spiro atoms. The van der Waals surface area contributed by atoms with Gasteiger partial charge in [-0.3, -0.25) is 0 Å². The van der Waals surface area contributed by atoms with Crippen LogP contribution in [0.5, 0.6) is 5.75 Å². The van der Waals surface area contributed by atoms with Gasteiger partial charge in [0.25, 0.3) is 0 Å². The largest absolute Gasteiger partial charge is 0.493 e. The maximum Gasteiger partial charge on any atom is 0.123 e. The Kier molecular flexibility index (Phi) is 5.44. The van der Waals surface area contributed by atoms with Crippen LogP contribution >= 0.6 is 0 Å². The molecule has 0 amide bonds. The van der Waals surface area contributed by atoms with Gasteiger partial charge in [0, 0.05) is 32.7 Å². The lowest BCUT2D eigenvalue weighted by molar-refractivity contribution is 0.212. The monoisotopic (exact) mass is 276 g/mol. The molecule has 1 N–H and O–H groups in total. The molecular formula is C17H28N2O. The summed E-state index contributed by atoms with van der Waals surface area (Å²) in [4.78, 5) is 2.51. The fraction of sp³-hybridized carbons (Fsp3) is 0.647. The highest BCUT2D eigenvalue weighted by Crippen LogP contribution is 2.30. The molecule has 112 valence electrons. The molecule has 1 aliphatic rings. The van der Waals surface area contributed by atoms with E-state index >= 15 is 0 Å². The molecule has 0 aliphatic carbocycles. The van der Waals surface area contributed by atoms with E-state index in [4.69, 9.17) is 4.74 Å². The third-order valence-electron chi connectivity index (χ3n) is 3.78. The van der Waals surface area contributed by atoms with Crippen molar-refractivity contribution in [2.45, 2.75) is 32.6 Å². The van der Waals surface area contributed by atoms with Crippen LogP contribution in [0.4, 0.5) is 0 Å². The molecule has 1 heterocycles. The van der Waals surface area contributed by atoms with Gasteiger partial charge >= 0.3 is 0 Å². The fourth-order valence-electron chi connectivity index (χ4n) is 2.62. The maximum atomic E-state index is 6.01. The second-order valence-corrected chi connectivity index (χ2v) is 6.54. The van der Waals surface area contributed by atoms with Crippen LogP contribution in [0.2, 0.25) is 0 Å². The van der Waals surface area contributed by atoms with Gasteiger partial charge in [-0.15, -0.1) is 0 Å². The summed E-state index contributed by atoms with van der Waals surface area (Å²) in [5.74, 6) is 1.04. The highest BCUT2D eigenvalue weighted by Gasteiger charge is 2.18. The lowest BCUT2D eigenvalue weighted by Gasteiger charge is -2.27. The van der Waals surface area contributed by atoms with Gasteiger partial charge in [-0.1, -0.05) is 39.0 Å². The van der Waals surface area contributed by atoms with Gasteiger partial charge in [-0.05, 0) is 23.5 Å². The second kappa shape index (κ2) is 7.09. The molecule has 1 saturated heterocycles. The molecule has 20 heavy (non-hydrogen) atoms. The van der Waals surface area contributed by atoms with E-state index in [1.807, 2.05) is 0 Å². The van der Waals surface area contributed by atoms with Crippen LogP contribution in [-0.4, -0.2) is 44.2 Å². The highest BCUT2D eigenvalue weighted by molar-refractivity contribution is 5.38. The number of benzene rings is 1. The van der Waals surface area contributed by atoms with Gasteiger partial charge in [0.05, 0.1) is 6.61 Å².